The third-order valence-corrected chi connectivity index (χ3v) is 7.96. The quantitative estimate of drug-likeness (QED) is 0.146. The summed E-state index contributed by atoms with van der Waals surface area (Å²) in [7, 11) is 1.63. The van der Waals surface area contributed by atoms with Crippen LogP contribution in [0.1, 0.15) is 117 Å². The molecule has 0 saturated heterocycles. The van der Waals surface area contributed by atoms with Gasteiger partial charge in [0.1, 0.15) is 11.6 Å². The van der Waals surface area contributed by atoms with Crippen molar-refractivity contribution in [3.05, 3.63) is 64.7 Å². The Morgan fingerprint density at radius 1 is 0.902 bits per heavy atom. The molecule has 0 radical (unpaired) electrons. The number of hydrogen-bond acceptors (Lipinski definition) is 4. The first-order valence-corrected chi connectivity index (χ1v) is 15.9. The molecule has 0 spiro atoms. The van der Waals surface area contributed by atoms with Gasteiger partial charge < -0.3 is 9.64 Å². The molecule has 41 heavy (non-hydrogen) atoms. The molecular formula is C35H51N3O3. The molecule has 0 N–H and O–H groups in total. The topological polar surface area (TPSA) is 64.4 Å². The maximum Gasteiger partial charge on any atom is 0.266 e. The molecule has 3 aromatic rings. The first kappa shape index (κ1) is 32.4. The number of hydrogen-bond donors (Lipinski definition) is 0. The number of methoxy groups -OCH3 is 1. The number of carbonyl (C=O) groups is 1. The van der Waals surface area contributed by atoms with Gasteiger partial charge in [-0.25, -0.2) is 4.98 Å². The summed E-state index contributed by atoms with van der Waals surface area (Å²) in [4.78, 5) is 34.8. The lowest BCUT2D eigenvalue weighted by molar-refractivity contribution is -0.134. The molecule has 0 bridgehead atoms. The SMILES string of the molecule is CCCCCCCCCCCC(=O)N(CCC(C)C)C(CC)c1nc2ccccc2c(=O)n1-c1ccc(OC)cc1. The van der Waals surface area contributed by atoms with E-state index in [9.17, 15) is 9.59 Å². The molecule has 224 valence electrons. The van der Waals surface area contributed by atoms with E-state index < -0.39 is 0 Å². The van der Waals surface area contributed by atoms with E-state index in [1.807, 2.05) is 53.4 Å². The fraction of sp³-hybridized carbons (Fsp3) is 0.571. The molecular weight excluding hydrogens is 510 g/mol. The second-order valence-corrected chi connectivity index (χ2v) is 11.6. The molecule has 0 aliphatic carbocycles. The van der Waals surface area contributed by atoms with E-state index in [0.717, 1.165) is 30.7 Å². The number of nitrogens with zero attached hydrogens (tertiary/aromatic N) is 3. The van der Waals surface area contributed by atoms with Crippen LogP contribution in [0.5, 0.6) is 5.75 Å². The van der Waals surface area contributed by atoms with Crippen LogP contribution in [0.3, 0.4) is 0 Å². The number of benzene rings is 2. The number of amides is 1. The Morgan fingerprint density at radius 3 is 2.15 bits per heavy atom. The molecule has 0 aliphatic heterocycles. The van der Waals surface area contributed by atoms with E-state index in [-0.39, 0.29) is 17.5 Å². The van der Waals surface area contributed by atoms with Crippen molar-refractivity contribution in [2.45, 2.75) is 111 Å². The predicted molar refractivity (Wildman–Crippen MR) is 170 cm³/mol. The van der Waals surface area contributed by atoms with Crippen LogP contribution in [0.15, 0.2) is 53.3 Å². The van der Waals surface area contributed by atoms with E-state index in [4.69, 9.17) is 9.72 Å². The lowest BCUT2D eigenvalue weighted by Gasteiger charge is -2.33. The molecule has 0 aliphatic rings. The third-order valence-electron chi connectivity index (χ3n) is 7.96. The molecule has 1 unspecified atom stereocenters. The van der Waals surface area contributed by atoms with Crippen molar-refractivity contribution in [3.8, 4) is 11.4 Å². The van der Waals surface area contributed by atoms with Crippen LogP contribution in [-0.4, -0.2) is 34.0 Å². The molecule has 6 heteroatoms. The summed E-state index contributed by atoms with van der Waals surface area (Å²) in [6.45, 7) is 9.35. The van der Waals surface area contributed by atoms with Crippen LogP contribution in [0.2, 0.25) is 0 Å². The number of carbonyl (C=O) groups excluding carboxylic acids is 1. The lowest BCUT2D eigenvalue weighted by atomic mass is 10.0. The number of aromatic nitrogens is 2. The smallest absolute Gasteiger partial charge is 0.266 e. The van der Waals surface area contributed by atoms with Gasteiger partial charge in [-0.2, -0.15) is 0 Å². The summed E-state index contributed by atoms with van der Waals surface area (Å²) in [6.07, 6.45) is 13.1. The second-order valence-electron chi connectivity index (χ2n) is 11.6. The first-order valence-electron chi connectivity index (χ1n) is 15.9. The van der Waals surface area contributed by atoms with E-state index >= 15 is 0 Å². The fourth-order valence-corrected chi connectivity index (χ4v) is 5.48. The summed E-state index contributed by atoms with van der Waals surface area (Å²) in [5.41, 5.74) is 1.26. The Hall–Kier alpha value is -3.15. The standard InChI is InChI=1S/C35H51N3O3/c1-6-8-9-10-11-12-13-14-15-20-33(39)37(26-25-27(3)4)32(7-2)34-36-31-19-17-16-18-30(31)35(40)38(34)28-21-23-29(41-5)24-22-28/h16-19,21-24,27,32H,6-15,20,25-26H2,1-5H3. The minimum absolute atomic E-state index is 0.121. The van der Waals surface area contributed by atoms with Gasteiger partial charge in [0.05, 0.1) is 29.7 Å². The Bertz CT molecular complexity index is 1270. The molecule has 1 aromatic heterocycles. The molecule has 0 fully saturated rings. The maximum absolute atomic E-state index is 13.9. The van der Waals surface area contributed by atoms with E-state index in [0.29, 0.717) is 42.0 Å². The van der Waals surface area contributed by atoms with Crippen LogP contribution < -0.4 is 10.3 Å². The van der Waals surface area contributed by atoms with Crippen molar-refractivity contribution in [1.82, 2.24) is 14.5 Å². The van der Waals surface area contributed by atoms with Gasteiger partial charge in [-0.3, -0.25) is 14.2 Å². The predicted octanol–water partition coefficient (Wildman–Crippen LogP) is 8.64. The highest BCUT2D eigenvalue weighted by Crippen LogP contribution is 2.28. The first-order chi connectivity index (χ1) is 19.9. The molecule has 1 amide bonds. The van der Waals surface area contributed by atoms with Crippen molar-refractivity contribution < 1.29 is 9.53 Å². The van der Waals surface area contributed by atoms with Crippen LogP contribution in [-0.2, 0) is 4.79 Å². The highest BCUT2D eigenvalue weighted by atomic mass is 16.5. The van der Waals surface area contributed by atoms with Crippen molar-refractivity contribution in [2.75, 3.05) is 13.7 Å². The monoisotopic (exact) mass is 561 g/mol. The zero-order valence-corrected chi connectivity index (χ0v) is 26.0. The fourth-order valence-electron chi connectivity index (χ4n) is 5.48. The molecule has 1 heterocycles. The summed E-state index contributed by atoms with van der Waals surface area (Å²) in [5, 5.41) is 0.566. The summed E-state index contributed by atoms with van der Waals surface area (Å²) in [5.74, 6) is 1.96. The number of para-hydroxylation sites is 1. The Balaban J connectivity index is 1.89. The Kier molecular flexibility index (Phi) is 13.4. The van der Waals surface area contributed by atoms with Crippen LogP contribution >= 0.6 is 0 Å². The van der Waals surface area contributed by atoms with Crippen molar-refractivity contribution >= 4 is 16.8 Å². The highest BCUT2D eigenvalue weighted by molar-refractivity contribution is 5.79. The minimum atomic E-state index is -0.306. The van der Waals surface area contributed by atoms with Crippen LogP contribution in [0, 0.1) is 5.92 Å². The van der Waals surface area contributed by atoms with Gasteiger partial charge in [0, 0.05) is 13.0 Å². The van der Waals surface area contributed by atoms with Gasteiger partial charge in [-0.05, 0) is 61.6 Å². The number of fused-ring (bicyclic) bond motifs is 1. The normalized spacial score (nSPS) is 12.1. The van der Waals surface area contributed by atoms with Crippen molar-refractivity contribution in [1.29, 1.82) is 0 Å². The van der Waals surface area contributed by atoms with Gasteiger partial charge in [0.15, 0.2) is 0 Å². The lowest BCUT2D eigenvalue weighted by Crippen LogP contribution is -2.39. The number of unbranched alkanes of at least 4 members (excludes halogenated alkanes) is 8. The largest absolute Gasteiger partial charge is 0.497 e. The zero-order chi connectivity index (χ0) is 29.6. The molecule has 0 saturated carbocycles. The summed E-state index contributed by atoms with van der Waals surface area (Å²) < 4.78 is 7.05. The minimum Gasteiger partial charge on any atom is -0.497 e. The Morgan fingerprint density at radius 2 is 1.54 bits per heavy atom. The second kappa shape index (κ2) is 17.0. The van der Waals surface area contributed by atoms with Crippen LogP contribution in [0.4, 0.5) is 0 Å². The van der Waals surface area contributed by atoms with E-state index in [1.54, 1.807) is 11.7 Å². The zero-order valence-electron chi connectivity index (χ0n) is 26.0. The molecule has 2 aromatic carbocycles. The van der Waals surface area contributed by atoms with E-state index in [2.05, 4.69) is 27.7 Å². The number of rotatable bonds is 18. The molecule has 1 atom stereocenters. The van der Waals surface area contributed by atoms with Crippen molar-refractivity contribution in [2.24, 2.45) is 5.92 Å². The Labute approximate surface area is 247 Å². The van der Waals surface area contributed by atoms with Crippen LogP contribution in [0.25, 0.3) is 16.6 Å². The highest BCUT2D eigenvalue weighted by Gasteiger charge is 2.29. The molecule has 3 rings (SSSR count). The van der Waals surface area contributed by atoms with Gasteiger partial charge in [0.25, 0.3) is 5.56 Å². The van der Waals surface area contributed by atoms with Crippen molar-refractivity contribution in [3.63, 3.8) is 0 Å². The maximum atomic E-state index is 13.9. The van der Waals surface area contributed by atoms with Gasteiger partial charge in [0.2, 0.25) is 5.91 Å². The van der Waals surface area contributed by atoms with Gasteiger partial charge >= 0.3 is 0 Å². The average molecular weight is 562 g/mol. The van der Waals surface area contributed by atoms with Gasteiger partial charge in [-0.15, -0.1) is 0 Å². The average Bonchev–Trinajstić information content (AvgIpc) is 2.98. The number of ether oxygens (including phenoxy) is 1. The summed E-state index contributed by atoms with van der Waals surface area (Å²) in [6, 6.07) is 14.6. The third kappa shape index (κ3) is 9.17. The van der Waals surface area contributed by atoms with Gasteiger partial charge in [-0.1, -0.05) is 91.2 Å². The molecule has 6 nitrogen and oxygen atoms in total. The van der Waals surface area contributed by atoms with E-state index in [1.165, 1.54) is 44.9 Å². The summed E-state index contributed by atoms with van der Waals surface area (Å²) >= 11 is 0.